The van der Waals surface area contributed by atoms with E-state index in [4.69, 9.17) is 0 Å². The lowest BCUT2D eigenvalue weighted by Crippen LogP contribution is -2.30. The fourth-order valence-corrected chi connectivity index (χ4v) is 3.79. The maximum Gasteiger partial charge on any atom is 0.326 e. The first-order valence-electron chi connectivity index (χ1n) is 9.00. The van der Waals surface area contributed by atoms with Crippen molar-refractivity contribution in [3.8, 4) is 5.75 Å². The topological polar surface area (TPSA) is 125 Å². The molecule has 0 unspecified atom stereocenters. The second-order valence-corrected chi connectivity index (χ2v) is 7.32. The molecular formula is C19H22FN5O4S. The van der Waals surface area contributed by atoms with E-state index in [9.17, 15) is 22.7 Å². The van der Waals surface area contributed by atoms with Crippen LogP contribution in [0, 0.1) is 5.82 Å². The Kier molecular flexibility index (Phi) is 7.11. The van der Waals surface area contributed by atoms with Gasteiger partial charge in [0, 0.05) is 23.5 Å². The number of carbonyl (C=O) groups is 1. The van der Waals surface area contributed by atoms with Crippen LogP contribution in [0.15, 0.2) is 31.0 Å². The minimum atomic E-state index is -4.25. The van der Waals surface area contributed by atoms with Crippen LogP contribution in [0.4, 0.5) is 21.7 Å². The van der Waals surface area contributed by atoms with Gasteiger partial charge in [-0.15, -0.1) is 0 Å². The largest absolute Gasteiger partial charge is 0.506 e. The molecule has 1 fully saturated rings. The highest BCUT2D eigenvalue weighted by atomic mass is 32.2. The van der Waals surface area contributed by atoms with Gasteiger partial charge in [-0.2, -0.15) is 8.42 Å². The predicted octanol–water partition coefficient (Wildman–Crippen LogP) is 2.95. The number of allylic oxidation sites excluding steroid dienone is 1. The van der Waals surface area contributed by atoms with Crippen LogP contribution in [0.2, 0.25) is 0 Å². The highest BCUT2D eigenvalue weighted by molar-refractivity contribution is 7.92. The third kappa shape index (κ3) is 4.74. The van der Waals surface area contributed by atoms with Crippen LogP contribution in [0.3, 0.4) is 0 Å². The SMILES string of the molecule is C=Cc1nc(Nc2cc(O)c(N3CC(=O)NS3(=O)=O)c(F)c2)ncc1/C=C\C.CC. The van der Waals surface area contributed by atoms with Crippen LogP contribution < -0.4 is 14.3 Å². The number of rotatable bonds is 5. The Balaban J connectivity index is 0.00000155. The van der Waals surface area contributed by atoms with Crippen LogP contribution in [-0.4, -0.2) is 35.9 Å². The van der Waals surface area contributed by atoms with Gasteiger partial charge in [-0.1, -0.05) is 32.6 Å². The van der Waals surface area contributed by atoms with E-state index in [-0.39, 0.29) is 11.6 Å². The zero-order chi connectivity index (χ0) is 22.5. The highest BCUT2D eigenvalue weighted by Gasteiger charge is 2.37. The molecule has 0 bridgehead atoms. The van der Waals surface area contributed by atoms with Gasteiger partial charge in [0.1, 0.15) is 18.0 Å². The van der Waals surface area contributed by atoms with Gasteiger partial charge in [-0.05, 0) is 19.1 Å². The zero-order valence-electron chi connectivity index (χ0n) is 16.7. The number of aromatic hydroxyl groups is 1. The summed E-state index contributed by atoms with van der Waals surface area (Å²) in [4.78, 5) is 19.7. The molecule has 0 saturated carbocycles. The maximum absolute atomic E-state index is 14.5. The molecule has 0 spiro atoms. The monoisotopic (exact) mass is 435 g/mol. The average molecular weight is 435 g/mol. The number of nitrogens with one attached hydrogen (secondary N) is 2. The number of hydrogen-bond donors (Lipinski definition) is 3. The van der Waals surface area contributed by atoms with Crippen molar-refractivity contribution in [2.75, 3.05) is 16.2 Å². The van der Waals surface area contributed by atoms with Crippen molar-refractivity contribution in [2.24, 2.45) is 0 Å². The third-order valence-corrected chi connectivity index (χ3v) is 5.13. The molecular weight excluding hydrogens is 413 g/mol. The summed E-state index contributed by atoms with van der Waals surface area (Å²) in [5, 5.41) is 12.9. The summed E-state index contributed by atoms with van der Waals surface area (Å²) in [6, 6.07) is 2.07. The fourth-order valence-electron chi connectivity index (χ4n) is 2.61. The molecule has 0 radical (unpaired) electrons. The molecule has 1 aromatic heterocycles. The van der Waals surface area contributed by atoms with Crippen molar-refractivity contribution in [3.05, 3.63) is 48.1 Å². The van der Waals surface area contributed by atoms with Crippen molar-refractivity contribution in [1.82, 2.24) is 14.7 Å². The lowest BCUT2D eigenvalue weighted by atomic mass is 10.2. The molecule has 2 aromatic rings. The molecule has 160 valence electrons. The molecule has 3 rings (SSSR count). The number of halogens is 1. The summed E-state index contributed by atoms with van der Waals surface area (Å²) < 4.78 is 40.5. The number of nitrogens with zero attached hydrogens (tertiary/aromatic N) is 3. The Labute approximate surface area is 174 Å². The zero-order valence-corrected chi connectivity index (χ0v) is 17.5. The molecule has 3 N–H and O–H groups in total. The molecule has 11 heteroatoms. The van der Waals surface area contributed by atoms with Crippen LogP contribution >= 0.6 is 0 Å². The Hall–Kier alpha value is -3.47. The van der Waals surface area contributed by atoms with E-state index >= 15 is 0 Å². The minimum absolute atomic E-state index is 0.0865. The first-order valence-corrected chi connectivity index (χ1v) is 10.4. The quantitative estimate of drug-likeness (QED) is 0.659. The molecule has 1 saturated heterocycles. The number of aromatic nitrogens is 2. The van der Waals surface area contributed by atoms with E-state index in [1.54, 1.807) is 17.0 Å². The Morgan fingerprint density at radius 1 is 1.37 bits per heavy atom. The Morgan fingerprint density at radius 2 is 2.07 bits per heavy atom. The lowest BCUT2D eigenvalue weighted by Gasteiger charge is -2.18. The number of phenolic OH excluding ortho intramolecular Hbond substituents is 1. The first-order chi connectivity index (χ1) is 14.2. The van der Waals surface area contributed by atoms with E-state index in [0.29, 0.717) is 10.00 Å². The van der Waals surface area contributed by atoms with Gasteiger partial charge in [0.25, 0.3) is 5.91 Å². The van der Waals surface area contributed by atoms with E-state index in [1.165, 1.54) is 6.08 Å². The van der Waals surface area contributed by atoms with Gasteiger partial charge in [0.15, 0.2) is 5.82 Å². The number of amides is 1. The number of anilines is 3. The van der Waals surface area contributed by atoms with Gasteiger partial charge < -0.3 is 10.4 Å². The van der Waals surface area contributed by atoms with Crippen LogP contribution in [0.25, 0.3) is 12.2 Å². The van der Waals surface area contributed by atoms with Crippen molar-refractivity contribution in [1.29, 1.82) is 0 Å². The number of carbonyl (C=O) groups excluding carboxylic acids is 1. The Bertz CT molecular complexity index is 1080. The normalized spacial score (nSPS) is 14.8. The second-order valence-electron chi connectivity index (χ2n) is 5.73. The van der Waals surface area contributed by atoms with Gasteiger partial charge in [-0.3, -0.25) is 4.79 Å². The molecule has 30 heavy (non-hydrogen) atoms. The maximum atomic E-state index is 14.5. The molecule has 1 amide bonds. The molecule has 1 aliphatic heterocycles. The highest BCUT2D eigenvalue weighted by Crippen LogP contribution is 2.36. The molecule has 1 aromatic carbocycles. The second kappa shape index (κ2) is 9.35. The van der Waals surface area contributed by atoms with Gasteiger partial charge in [0.2, 0.25) is 5.95 Å². The summed E-state index contributed by atoms with van der Waals surface area (Å²) in [5.74, 6) is -2.41. The van der Waals surface area contributed by atoms with Crippen LogP contribution in [0.5, 0.6) is 5.75 Å². The van der Waals surface area contributed by atoms with E-state index in [0.717, 1.165) is 17.7 Å². The van der Waals surface area contributed by atoms with Crippen molar-refractivity contribution >= 4 is 45.6 Å². The smallest absolute Gasteiger partial charge is 0.326 e. The summed E-state index contributed by atoms with van der Waals surface area (Å²) in [5.41, 5.74) is 0.747. The van der Waals surface area contributed by atoms with Crippen LogP contribution in [-0.2, 0) is 15.0 Å². The van der Waals surface area contributed by atoms with E-state index in [1.807, 2.05) is 26.8 Å². The molecule has 2 heterocycles. The molecule has 0 aliphatic carbocycles. The van der Waals surface area contributed by atoms with Crippen molar-refractivity contribution in [2.45, 2.75) is 20.8 Å². The van der Waals surface area contributed by atoms with Gasteiger partial charge >= 0.3 is 10.2 Å². The predicted molar refractivity (Wildman–Crippen MR) is 114 cm³/mol. The summed E-state index contributed by atoms with van der Waals surface area (Å²) in [6.45, 7) is 8.89. The van der Waals surface area contributed by atoms with Crippen molar-refractivity contribution in [3.63, 3.8) is 0 Å². The molecule has 0 atom stereocenters. The Morgan fingerprint density at radius 3 is 2.60 bits per heavy atom. The number of benzene rings is 1. The molecule has 9 nitrogen and oxygen atoms in total. The first kappa shape index (κ1) is 22.8. The molecule has 1 aliphatic rings. The average Bonchev–Trinajstić information content (AvgIpc) is 2.96. The number of phenols is 1. The summed E-state index contributed by atoms with van der Waals surface area (Å²) in [7, 11) is -4.25. The summed E-state index contributed by atoms with van der Waals surface area (Å²) >= 11 is 0. The number of hydrogen-bond acceptors (Lipinski definition) is 7. The standard InChI is InChI=1S/C17H16FN5O4S.C2H6/c1-3-5-10-8-19-17(21-13(10)4-2)20-11-6-12(18)16(14(24)7-11)23-9-15(25)22-28(23,26)27;1-2/h3-8,24H,2,9H2,1H3,(H,22,25)(H,19,20,21);1-2H3/b5-3-;. The fraction of sp³-hybridized carbons (Fsp3) is 0.211. The van der Waals surface area contributed by atoms with Gasteiger partial charge in [0.05, 0.1) is 5.69 Å². The minimum Gasteiger partial charge on any atom is -0.506 e. The van der Waals surface area contributed by atoms with Crippen LogP contribution in [0.1, 0.15) is 32.0 Å². The third-order valence-electron chi connectivity index (χ3n) is 3.76. The van der Waals surface area contributed by atoms with E-state index < -0.39 is 39.9 Å². The summed E-state index contributed by atoms with van der Waals surface area (Å²) in [6.07, 6.45) is 6.69. The van der Waals surface area contributed by atoms with Crippen molar-refractivity contribution < 1.29 is 22.7 Å². The van der Waals surface area contributed by atoms with E-state index in [2.05, 4.69) is 21.9 Å². The van der Waals surface area contributed by atoms with Gasteiger partial charge in [-0.25, -0.2) is 23.4 Å². The lowest BCUT2D eigenvalue weighted by molar-refractivity contribution is -0.117.